The van der Waals surface area contributed by atoms with Crippen LogP contribution in [0.5, 0.6) is 0 Å². The van der Waals surface area contributed by atoms with E-state index >= 15 is 0 Å². The zero-order chi connectivity index (χ0) is 9.64. The predicted octanol–water partition coefficient (Wildman–Crippen LogP) is -0.184. The summed E-state index contributed by atoms with van der Waals surface area (Å²) in [7, 11) is 1.06. The van der Waals surface area contributed by atoms with Gasteiger partial charge in [0.1, 0.15) is 0 Å². The molecule has 2 heterocycles. The van der Waals surface area contributed by atoms with Crippen LogP contribution in [0.3, 0.4) is 0 Å². The van der Waals surface area contributed by atoms with Crippen molar-refractivity contribution in [3.63, 3.8) is 0 Å². The van der Waals surface area contributed by atoms with Crippen LogP contribution in [0.15, 0.2) is 4.99 Å². The van der Waals surface area contributed by atoms with Crippen molar-refractivity contribution >= 4 is 26.8 Å². The van der Waals surface area contributed by atoms with Gasteiger partial charge in [-0.25, -0.2) is 8.42 Å². The fourth-order valence-corrected chi connectivity index (χ4v) is 5.25. The third-order valence-corrected chi connectivity index (χ3v) is 5.58. The summed E-state index contributed by atoms with van der Waals surface area (Å²) in [6, 6.07) is 0.00685. The number of rotatable bonds is 0. The second-order valence-electron chi connectivity index (χ2n) is 3.61. The summed E-state index contributed by atoms with van der Waals surface area (Å²) in [6.07, 6.45) is 0. The maximum Gasteiger partial charge on any atom is 0.159 e. The van der Waals surface area contributed by atoms with Gasteiger partial charge in [0.2, 0.25) is 0 Å². The molecule has 0 N–H and O–H groups in total. The van der Waals surface area contributed by atoms with E-state index in [-0.39, 0.29) is 17.0 Å². The average Bonchev–Trinajstić information content (AvgIpc) is 2.39. The van der Waals surface area contributed by atoms with Crippen LogP contribution in [0.4, 0.5) is 0 Å². The van der Waals surface area contributed by atoms with E-state index in [0.717, 1.165) is 5.17 Å². The van der Waals surface area contributed by atoms with E-state index in [4.69, 9.17) is 0 Å². The van der Waals surface area contributed by atoms with Crippen LogP contribution in [-0.2, 0) is 9.84 Å². The van der Waals surface area contributed by atoms with Crippen LogP contribution in [0.1, 0.15) is 0 Å². The Bertz CT molecular complexity index is 348. The Hall–Kier alpha value is -0.230. The summed E-state index contributed by atoms with van der Waals surface area (Å²) in [5.41, 5.74) is 0. The number of sulfone groups is 1. The lowest BCUT2D eigenvalue weighted by molar-refractivity contribution is 0.600. The van der Waals surface area contributed by atoms with Crippen LogP contribution in [-0.4, -0.2) is 55.4 Å². The molecule has 2 aliphatic rings. The maximum absolute atomic E-state index is 11.2. The highest BCUT2D eigenvalue weighted by Crippen LogP contribution is 2.34. The van der Waals surface area contributed by atoms with Gasteiger partial charge < -0.3 is 4.90 Å². The van der Waals surface area contributed by atoms with Crippen molar-refractivity contribution < 1.29 is 8.42 Å². The van der Waals surface area contributed by atoms with Crippen molar-refractivity contribution in [1.29, 1.82) is 0 Å². The highest BCUT2D eigenvalue weighted by molar-refractivity contribution is 8.15. The molecule has 2 atom stereocenters. The molecule has 0 amide bonds. The number of nitrogens with zero attached hydrogens (tertiary/aromatic N) is 2. The SMILES string of the molecule is CN(C)C1=N[C@@H]2CS(=O)(=O)C[C@@H]2S1. The molecule has 6 heteroatoms. The summed E-state index contributed by atoms with van der Waals surface area (Å²) in [5, 5.41) is 1.13. The zero-order valence-corrected chi connectivity index (χ0v) is 9.23. The molecular formula is C7H12N2O2S2. The fourth-order valence-electron chi connectivity index (χ4n) is 1.56. The smallest absolute Gasteiger partial charge is 0.159 e. The van der Waals surface area contributed by atoms with Crippen LogP contribution < -0.4 is 0 Å². The third-order valence-electron chi connectivity index (χ3n) is 2.19. The lowest BCUT2D eigenvalue weighted by atomic mass is 10.3. The minimum Gasteiger partial charge on any atom is -0.358 e. The van der Waals surface area contributed by atoms with Gasteiger partial charge in [-0.05, 0) is 0 Å². The number of amidine groups is 1. The second-order valence-corrected chi connectivity index (χ2v) is 6.97. The standard InChI is InChI=1S/C7H12N2O2S2/c1-9(2)7-8-5-3-13(10,11)4-6(5)12-7/h5-6H,3-4H2,1-2H3/t5-,6+/m1/s1. The number of hydrogen-bond acceptors (Lipinski definition) is 5. The first-order valence-electron chi connectivity index (χ1n) is 4.10. The Morgan fingerprint density at radius 2 is 2.15 bits per heavy atom. The van der Waals surface area contributed by atoms with Crippen molar-refractivity contribution in [2.45, 2.75) is 11.3 Å². The first-order chi connectivity index (χ1) is 5.98. The average molecular weight is 220 g/mol. The van der Waals surface area contributed by atoms with Gasteiger partial charge in [0, 0.05) is 19.3 Å². The summed E-state index contributed by atoms with van der Waals surface area (Å²) in [5.74, 6) is 0.533. The Labute approximate surface area is 82.3 Å². The molecule has 2 aliphatic heterocycles. The molecule has 74 valence electrons. The number of aliphatic imine (C=N–C) groups is 1. The van der Waals surface area contributed by atoms with Gasteiger partial charge in [-0.1, -0.05) is 11.8 Å². The molecule has 2 rings (SSSR count). The molecule has 1 saturated heterocycles. The van der Waals surface area contributed by atoms with E-state index in [0.29, 0.717) is 5.75 Å². The van der Waals surface area contributed by atoms with Crippen molar-refractivity contribution in [1.82, 2.24) is 4.90 Å². The van der Waals surface area contributed by atoms with Crippen LogP contribution in [0.25, 0.3) is 0 Å². The van der Waals surface area contributed by atoms with Crippen LogP contribution in [0, 0.1) is 0 Å². The van der Waals surface area contributed by atoms with Gasteiger partial charge in [0.25, 0.3) is 0 Å². The fraction of sp³-hybridized carbons (Fsp3) is 0.857. The summed E-state index contributed by atoms with van der Waals surface area (Å²) >= 11 is 1.59. The molecule has 0 unspecified atom stereocenters. The van der Waals surface area contributed by atoms with E-state index in [1.54, 1.807) is 11.8 Å². The molecule has 0 saturated carbocycles. The molecule has 0 radical (unpaired) electrons. The first kappa shape index (κ1) is 9.33. The van der Waals surface area contributed by atoms with E-state index in [2.05, 4.69) is 4.99 Å². The maximum atomic E-state index is 11.2. The number of hydrogen-bond donors (Lipinski definition) is 0. The highest BCUT2D eigenvalue weighted by Gasteiger charge is 2.42. The minimum atomic E-state index is -2.80. The molecule has 0 aromatic rings. The van der Waals surface area contributed by atoms with Gasteiger partial charge in [-0.15, -0.1) is 0 Å². The van der Waals surface area contributed by atoms with E-state index in [1.165, 1.54) is 0 Å². The molecule has 1 fully saturated rings. The molecule has 0 spiro atoms. The van der Waals surface area contributed by atoms with E-state index in [9.17, 15) is 8.42 Å². The summed E-state index contributed by atoms with van der Waals surface area (Å²) in [6.45, 7) is 0. The van der Waals surface area contributed by atoms with Crippen LogP contribution in [0.2, 0.25) is 0 Å². The zero-order valence-electron chi connectivity index (χ0n) is 7.60. The van der Waals surface area contributed by atoms with Gasteiger partial charge in [-0.2, -0.15) is 0 Å². The molecule has 0 bridgehead atoms. The summed E-state index contributed by atoms with van der Waals surface area (Å²) < 4.78 is 22.4. The number of fused-ring (bicyclic) bond motifs is 1. The van der Waals surface area contributed by atoms with Crippen molar-refractivity contribution in [2.75, 3.05) is 25.6 Å². The quantitative estimate of drug-likeness (QED) is 0.568. The Morgan fingerprint density at radius 3 is 2.69 bits per heavy atom. The second kappa shape index (κ2) is 2.88. The van der Waals surface area contributed by atoms with Crippen molar-refractivity contribution in [2.24, 2.45) is 4.99 Å². The number of thioether (sulfide) groups is 1. The molecule has 0 aromatic carbocycles. The van der Waals surface area contributed by atoms with E-state index < -0.39 is 9.84 Å². The van der Waals surface area contributed by atoms with Gasteiger partial charge in [-0.3, -0.25) is 4.99 Å². The lowest BCUT2D eigenvalue weighted by Gasteiger charge is -2.11. The topological polar surface area (TPSA) is 49.7 Å². The van der Waals surface area contributed by atoms with E-state index in [1.807, 2.05) is 19.0 Å². The Kier molecular flexibility index (Phi) is 2.07. The molecule has 13 heavy (non-hydrogen) atoms. The monoisotopic (exact) mass is 220 g/mol. The molecular weight excluding hydrogens is 208 g/mol. The van der Waals surface area contributed by atoms with Gasteiger partial charge in [0.05, 0.1) is 17.5 Å². The largest absolute Gasteiger partial charge is 0.358 e. The van der Waals surface area contributed by atoms with Crippen LogP contribution >= 0.6 is 11.8 Å². The highest BCUT2D eigenvalue weighted by atomic mass is 32.2. The minimum absolute atomic E-state index is 0.00685. The Morgan fingerprint density at radius 1 is 1.46 bits per heavy atom. The van der Waals surface area contributed by atoms with Crippen molar-refractivity contribution in [3.8, 4) is 0 Å². The molecule has 0 aromatic heterocycles. The lowest BCUT2D eigenvalue weighted by Crippen LogP contribution is -2.18. The molecule has 4 nitrogen and oxygen atoms in total. The van der Waals surface area contributed by atoms with Crippen molar-refractivity contribution in [3.05, 3.63) is 0 Å². The molecule has 0 aliphatic carbocycles. The van der Waals surface area contributed by atoms with Gasteiger partial charge >= 0.3 is 0 Å². The Balaban J connectivity index is 2.17. The summed E-state index contributed by atoms with van der Waals surface area (Å²) in [4.78, 5) is 6.31. The predicted molar refractivity (Wildman–Crippen MR) is 54.9 cm³/mol. The normalized spacial score (nSPS) is 35.7. The van der Waals surface area contributed by atoms with Gasteiger partial charge in [0.15, 0.2) is 15.0 Å². The first-order valence-corrected chi connectivity index (χ1v) is 6.80. The third kappa shape index (κ3) is 1.69.